The van der Waals surface area contributed by atoms with E-state index in [2.05, 4.69) is 10.2 Å². The molecule has 0 amide bonds. The Balaban J connectivity index is 1.62. The summed E-state index contributed by atoms with van der Waals surface area (Å²) in [5.74, 6) is -1.36. The molecule has 0 fully saturated rings. The van der Waals surface area contributed by atoms with E-state index in [1.54, 1.807) is 36.4 Å². The van der Waals surface area contributed by atoms with E-state index in [4.69, 9.17) is 27.9 Å². The van der Waals surface area contributed by atoms with Crippen LogP contribution in [0.4, 0.5) is 0 Å². The summed E-state index contributed by atoms with van der Waals surface area (Å²) in [4.78, 5) is 26.1. The third kappa shape index (κ3) is 3.67. The van der Waals surface area contributed by atoms with Gasteiger partial charge in [-0.2, -0.15) is 10.2 Å². The van der Waals surface area contributed by atoms with Crippen LogP contribution < -0.4 is 4.74 Å². The van der Waals surface area contributed by atoms with Crippen molar-refractivity contribution >= 4 is 34.8 Å². The van der Waals surface area contributed by atoms with E-state index in [0.717, 1.165) is 5.56 Å². The second-order valence-electron chi connectivity index (χ2n) is 7.91. The number of fused-ring (bicyclic) bond motifs is 1. The van der Waals surface area contributed by atoms with E-state index in [1.807, 2.05) is 36.4 Å². The highest BCUT2D eigenvalue weighted by Crippen LogP contribution is 2.47. The van der Waals surface area contributed by atoms with Crippen LogP contribution in [0.2, 0.25) is 10.0 Å². The van der Waals surface area contributed by atoms with Gasteiger partial charge in [-0.05, 0) is 23.8 Å². The highest BCUT2D eigenvalue weighted by molar-refractivity contribution is 6.35. The van der Waals surface area contributed by atoms with Crippen molar-refractivity contribution in [1.29, 1.82) is 0 Å². The molecular formula is C26H18Cl2N2O3. The van der Waals surface area contributed by atoms with Crippen molar-refractivity contribution in [3.8, 4) is 5.75 Å². The first-order valence-electron chi connectivity index (χ1n) is 10.4. The Kier molecular flexibility index (Phi) is 5.60. The van der Waals surface area contributed by atoms with Crippen LogP contribution in [0.5, 0.6) is 5.75 Å². The lowest BCUT2D eigenvalue weighted by atomic mass is 9.83. The fourth-order valence-corrected chi connectivity index (χ4v) is 5.09. The van der Waals surface area contributed by atoms with E-state index in [1.165, 1.54) is 7.11 Å². The molecule has 2 unspecified atom stereocenters. The van der Waals surface area contributed by atoms with Crippen molar-refractivity contribution in [1.82, 2.24) is 0 Å². The summed E-state index contributed by atoms with van der Waals surface area (Å²) in [6.07, 6.45) is 1.85. The second kappa shape index (κ2) is 8.58. The summed E-state index contributed by atoms with van der Waals surface area (Å²) in [5, 5.41) is 9.74. The van der Waals surface area contributed by atoms with E-state index >= 15 is 0 Å². The zero-order valence-corrected chi connectivity index (χ0v) is 19.0. The molecule has 5 nitrogen and oxygen atoms in total. The molecule has 0 N–H and O–H groups in total. The van der Waals surface area contributed by atoms with Crippen LogP contribution in [0.3, 0.4) is 0 Å². The van der Waals surface area contributed by atoms with Crippen LogP contribution in [0.15, 0.2) is 88.7 Å². The lowest BCUT2D eigenvalue weighted by Gasteiger charge is -2.27. The summed E-state index contributed by atoms with van der Waals surface area (Å²) in [6.45, 7) is 0. The molecule has 3 aromatic rings. The Hall–Kier alpha value is -3.28. The number of rotatable bonds is 4. The van der Waals surface area contributed by atoms with Gasteiger partial charge in [0.1, 0.15) is 17.7 Å². The van der Waals surface area contributed by atoms with Gasteiger partial charge in [0.2, 0.25) is 0 Å². The van der Waals surface area contributed by atoms with Crippen LogP contribution in [0.1, 0.15) is 43.8 Å². The zero-order valence-electron chi connectivity index (χ0n) is 17.5. The zero-order chi connectivity index (χ0) is 23.1. The van der Waals surface area contributed by atoms with Crippen LogP contribution in [-0.4, -0.2) is 18.7 Å². The van der Waals surface area contributed by atoms with E-state index < -0.39 is 12.0 Å². The SMILES string of the molecule is COc1c(Cl)cc(Cl)cc1C1N=NC(C2C(=O)c3ccccc3C2=O)=CC1c1ccccc1. The van der Waals surface area contributed by atoms with Gasteiger partial charge < -0.3 is 4.74 Å². The molecule has 1 aliphatic carbocycles. The maximum absolute atomic E-state index is 13.1. The monoisotopic (exact) mass is 476 g/mol. The summed E-state index contributed by atoms with van der Waals surface area (Å²) in [6, 6.07) is 19.4. The maximum Gasteiger partial charge on any atom is 0.180 e. The van der Waals surface area contributed by atoms with Crippen molar-refractivity contribution in [2.75, 3.05) is 7.11 Å². The third-order valence-electron chi connectivity index (χ3n) is 6.01. The molecule has 0 aromatic heterocycles. The molecule has 164 valence electrons. The van der Waals surface area contributed by atoms with E-state index in [9.17, 15) is 9.59 Å². The summed E-state index contributed by atoms with van der Waals surface area (Å²) in [5.41, 5.74) is 2.82. The van der Waals surface area contributed by atoms with Gasteiger partial charge in [0, 0.05) is 27.6 Å². The maximum atomic E-state index is 13.1. The highest BCUT2D eigenvalue weighted by atomic mass is 35.5. The second-order valence-corrected chi connectivity index (χ2v) is 8.75. The molecule has 0 saturated heterocycles. The molecule has 0 spiro atoms. The van der Waals surface area contributed by atoms with Gasteiger partial charge >= 0.3 is 0 Å². The number of methoxy groups -OCH3 is 1. The van der Waals surface area contributed by atoms with Crippen LogP contribution in [0.25, 0.3) is 0 Å². The Morgan fingerprint density at radius 1 is 0.879 bits per heavy atom. The number of hydrogen-bond acceptors (Lipinski definition) is 5. The number of benzene rings is 3. The number of carbonyl (C=O) groups excluding carboxylic acids is 2. The van der Waals surface area contributed by atoms with Gasteiger partial charge in [0.25, 0.3) is 0 Å². The lowest BCUT2D eigenvalue weighted by molar-refractivity contribution is 0.0861. The highest BCUT2D eigenvalue weighted by Gasteiger charge is 2.43. The predicted molar refractivity (Wildman–Crippen MR) is 126 cm³/mol. The third-order valence-corrected chi connectivity index (χ3v) is 6.51. The summed E-state index contributed by atoms with van der Waals surface area (Å²) in [7, 11) is 1.53. The first-order chi connectivity index (χ1) is 16.0. The average Bonchev–Trinajstić information content (AvgIpc) is 3.09. The molecule has 2 atom stereocenters. The van der Waals surface area contributed by atoms with Crippen LogP contribution in [-0.2, 0) is 0 Å². The van der Waals surface area contributed by atoms with Crippen LogP contribution >= 0.6 is 23.2 Å². The van der Waals surface area contributed by atoms with Crippen molar-refractivity contribution in [2.45, 2.75) is 12.0 Å². The molecule has 1 heterocycles. The molecular weight excluding hydrogens is 459 g/mol. The number of nitrogens with zero attached hydrogens (tertiary/aromatic N) is 2. The number of Topliss-reactive ketones (excluding diaryl/α,β-unsaturated/α-hetero) is 2. The van der Waals surface area contributed by atoms with E-state index in [-0.39, 0.29) is 17.5 Å². The number of azo groups is 1. The molecule has 0 bridgehead atoms. The molecule has 0 saturated carbocycles. The molecule has 3 aromatic carbocycles. The summed E-state index contributed by atoms with van der Waals surface area (Å²) < 4.78 is 5.55. The Labute approximate surface area is 200 Å². The largest absolute Gasteiger partial charge is 0.495 e. The Morgan fingerprint density at radius 2 is 1.52 bits per heavy atom. The average molecular weight is 477 g/mol. The van der Waals surface area contributed by atoms with E-state index in [0.29, 0.717) is 38.2 Å². The van der Waals surface area contributed by atoms with Gasteiger partial charge in [-0.15, -0.1) is 0 Å². The Bertz CT molecular complexity index is 1300. The number of ketones is 2. The minimum absolute atomic E-state index is 0.255. The first-order valence-corrected chi connectivity index (χ1v) is 11.1. The van der Waals surface area contributed by atoms with Crippen LogP contribution in [0, 0.1) is 5.92 Å². The number of allylic oxidation sites excluding steroid dienone is 1. The number of hydrogen-bond donors (Lipinski definition) is 0. The molecule has 5 rings (SSSR count). The van der Waals surface area contributed by atoms with Crippen molar-refractivity contribution in [3.05, 3.63) is 111 Å². The standard InChI is InChI=1S/C26H18Cl2N2O3/c1-33-26-19(11-15(27)12-20(26)28)23-18(14-7-3-2-4-8-14)13-21(29-30-23)22-24(31)16-9-5-6-10-17(16)25(22)32/h2-13,18,22-23H,1H3. The van der Waals surface area contributed by atoms with Gasteiger partial charge in [-0.25, -0.2) is 0 Å². The molecule has 0 radical (unpaired) electrons. The first kappa shape index (κ1) is 21.6. The van der Waals surface area contributed by atoms with Gasteiger partial charge in [-0.3, -0.25) is 9.59 Å². The van der Waals surface area contributed by atoms with Gasteiger partial charge in [-0.1, -0.05) is 77.8 Å². The smallest absolute Gasteiger partial charge is 0.180 e. The van der Waals surface area contributed by atoms with Crippen molar-refractivity contribution < 1.29 is 14.3 Å². The normalized spacial score (nSPS) is 20.0. The minimum Gasteiger partial charge on any atom is -0.495 e. The van der Waals surface area contributed by atoms with Gasteiger partial charge in [0.15, 0.2) is 11.6 Å². The topological polar surface area (TPSA) is 68.1 Å². The molecule has 33 heavy (non-hydrogen) atoms. The quantitative estimate of drug-likeness (QED) is 0.385. The molecule has 7 heteroatoms. The Morgan fingerprint density at radius 3 is 2.15 bits per heavy atom. The lowest BCUT2D eigenvalue weighted by Crippen LogP contribution is -2.21. The minimum atomic E-state index is -0.997. The predicted octanol–water partition coefficient (Wildman–Crippen LogP) is 6.87. The fourth-order valence-electron chi connectivity index (χ4n) is 4.50. The van der Waals surface area contributed by atoms with Gasteiger partial charge in [0.05, 0.1) is 17.8 Å². The van der Waals surface area contributed by atoms with Crippen molar-refractivity contribution in [2.24, 2.45) is 16.1 Å². The number of ether oxygens (including phenoxy) is 1. The molecule has 1 aliphatic heterocycles. The summed E-state index contributed by atoms with van der Waals surface area (Å²) >= 11 is 12.7. The molecule has 2 aliphatic rings. The number of halogens is 2. The fraction of sp³-hybridized carbons (Fsp3) is 0.154. The van der Waals surface area contributed by atoms with Crippen molar-refractivity contribution in [3.63, 3.8) is 0 Å². The number of carbonyl (C=O) groups is 2.